The zero-order valence-corrected chi connectivity index (χ0v) is 11.9. The summed E-state index contributed by atoms with van der Waals surface area (Å²) in [6, 6.07) is 9.12. The Morgan fingerprint density at radius 1 is 1.37 bits per heavy atom. The van der Waals surface area contributed by atoms with Gasteiger partial charge in [-0.05, 0) is 42.5 Å². The van der Waals surface area contributed by atoms with Crippen LogP contribution in [0.15, 0.2) is 35.7 Å². The van der Waals surface area contributed by atoms with Gasteiger partial charge in [-0.3, -0.25) is 4.79 Å². The van der Waals surface area contributed by atoms with Crippen LogP contribution in [0.4, 0.5) is 0 Å². The maximum absolute atomic E-state index is 12.2. The van der Waals surface area contributed by atoms with E-state index < -0.39 is 0 Å². The average Bonchev–Trinajstić information content (AvgIpc) is 2.91. The van der Waals surface area contributed by atoms with Gasteiger partial charge in [0.2, 0.25) is 0 Å². The van der Waals surface area contributed by atoms with Crippen LogP contribution in [-0.4, -0.2) is 29.5 Å². The van der Waals surface area contributed by atoms with Crippen LogP contribution in [0.25, 0.3) is 0 Å². The van der Waals surface area contributed by atoms with Crippen molar-refractivity contribution in [1.29, 1.82) is 0 Å². The summed E-state index contributed by atoms with van der Waals surface area (Å²) in [6.07, 6.45) is 0.859. The van der Waals surface area contributed by atoms with Gasteiger partial charge in [0.05, 0.1) is 0 Å². The smallest absolute Gasteiger partial charge is 0.253 e. The number of phenols is 1. The SMILES string of the molecule is Cc1ccc(C(=O)N(C)CCc2cccs2)cc1O. The minimum absolute atomic E-state index is 0.0631. The second-order valence-corrected chi connectivity index (χ2v) is 5.59. The van der Waals surface area contributed by atoms with Crippen molar-refractivity contribution in [3.8, 4) is 5.75 Å². The molecular weight excluding hydrogens is 258 g/mol. The fraction of sp³-hybridized carbons (Fsp3) is 0.267. The van der Waals surface area contributed by atoms with Gasteiger partial charge >= 0.3 is 0 Å². The Bertz CT molecular complexity index is 564. The molecule has 0 aliphatic carbocycles. The molecule has 0 saturated heterocycles. The number of benzene rings is 1. The lowest BCUT2D eigenvalue weighted by Crippen LogP contribution is -2.28. The molecule has 0 fully saturated rings. The normalized spacial score (nSPS) is 10.4. The standard InChI is InChI=1S/C15H17NO2S/c1-11-5-6-12(10-14(11)17)15(18)16(2)8-7-13-4-3-9-19-13/h3-6,9-10,17H,7-8H2,1-2H3. The molecule has 0 spiro atoms. The Hall–Kier alpha value is -1.81. The summed E-state index contributed by atoms with van der Waals surface area (Å²) >= 11 is 1.70. The summed E-state index contributed by atoms with van der Waals surface area (Å²) in [4.78, 5) is 15.1. The largest absolute Gasteiger partial charge is 0.508 e. The van der Waals surface area contributed by atoms with Gasteiger partial charge in [-0.2, -0.15) is 0 Å². The maximum atomic E-state index is 12.2. The van der Waals surface area contributed by atoms with Crippen LogP contribution in [0.1, 0.15) is 20.8 Å². The van der Waals surface area contributed by atoms with Crippen molar-refractivity contribution in [2.24, 2.45) is 0 Å². The van der Waals surface area contributed by atoms with Crippen molar-refractivity contribution in [2.75, 3.05) is 13.6 Å². The third-order valence-electron chi connectivity index (χ3n) is 3.08. The number of thiophene rings is 1. The van der Waals surface area contributed by atoms with Crippen LogP contribution < -0.4 is 0 Å². The van der Waals surface area contributed by atoms with E-state index in [9.17, 15) is 9.90 Å². The first kappa shape index (κ1) is 13.6. The van der Waals surface area contributed by atoms with E-state index in [0.717, 1.165) is 12.0 Å². The average molecular weight is 275 g/mol. The van der Waals surface area contributed by atoms with Gasteiger partial charge in [-0.1, -0.05) is 12.1 Å². The van der Waals surface area contributed by atoms with Gasteiger partial charge in [0, 0.05) is 24.0 Å². The van der Waals surface area contributed by atoms with Crippen molar-refractivity contribution >= 4 is 17.2 Å². The van der Waals surface area contributed by atoms with Gasteiger partial charge in [-0.15, -0.1) is 11.3 Å². The molecule has 100 valence electrons. The summed E-state index contributed by atoms with van der Waals surface area (Å²) in [7, 11) is 1.78. The molecule has 1 heterocycles. The quantitative estimate of drug-likeness (QED) is 0.931. The Morgan fingerprint density at radius 3 is 2.79 bits per heavy atom. The zero-order valence-electron chi connectivity index (χ0n) is 11.1. The summed E-state index contributed by atoms with van der Waals surface area (Å²) in [5.41, 5.74) is 1.30. The molecule has 2 rings (SSSR count). The molecule has 0 bridgehead atoms. The molecule has 0 radical (unpaired) electrons. The molecule has 0 saturated carbocycles. The van der Waals surface area contributed by atoms with Crippen LogP contribution >= 0.6 is 11.3 Å². The van der Waals surface area contributed by atoms with E-state index in [1.807, 2.05) is 18.4 Å². The molecule has 1 aromatic heterocycles. The fourth-order valence-corrected chi connectivity index (χ4v) is 2.50. The highest BCUT2D eigenvalue weighted by molar-refractivity contribution is 7.09. The number of nitrogens with zero attached hydrogens (tertiary/aromatic N) is 1. The van der Waals surface area contributed by atoms with Crippen molar-refractivity contribution in [1.82, 2.24) is 4.90 Å². The molecule has 0 aliphatic rings. The number of carbonyl (C=O) groups is 1. The van der Waals surface area contributed by atoms with Gasteiger partial charge in [0.25, 0.3) is 5.91 Å². The highest BCUT2D eigenvalue weighted by Gasteiger charge is 2.12. The van der Waals surface area contributed by atoms with Gasteiger partial charge in [-0.25, -0.2) is 0 Å². The Morgan fingerprint density at radius 2 is 2.16 bits per heavy atom. The van der Waals surface area contributed by atoms with Crippen molar-refractivity contribution in [2.45, 2.75) is 13.3 Å². The van der Waals surface area contributed by atoms with Crippen LogP contribution in [0.5, 0.6) is 5.75 Å². The Kier molecular flexibility index (Phi) is 4.22. The second kappa shape index (κ2) is 5.89. The first-order valence-electron chi connectivity index (χ1n) is 6.15. The van der Waals surface area contributed by atoms with Crippen molar-refractivity contribution in [3.63, 3.8) is 0 Å². The maximum Gasteiger partial charge on any atom is 0.253 e. The molecule has 1 N–H and O–H groups in total. The molecule has 0 aliphatic heterocycles. The van der Waals surface area contributed by atoms with E-state index in [1.165, 1.54) is 10.9 Å². The number of amides is 1. The number of hydrogen-bond acceptors (Lipinski definition) is 3. The molecule has 0 atom stereocenters. The molecule has 2 aromatic rings. The van der Waals surface area contributed by atoms with Crippen LogP contribution in [0.2, 0.25) is 0 Å². The summed E-state index contributed by atoms with van der Waals surface area (Å²) in [5, 5.41) is 11.7. The molecule has 3 nitrogen and oxygen atoms in total. The lowest BCUT2D eigenvalue weighted by atomic mass is 10.1. The minimum atomic E-state index is -0.0631. The highest BCUT2D eigenvalue weighted by atomic mass is 32.1. The minimum Gasteiger partial charge on any atom is -0.508 e. The Labute approximate surface area is 117 Å². The van der Waals surface area contributed by atoms with E-state index in [0.29, 0.717) is 12.1 Å². The third kappa shape index (κ3) is 3.35. The number of likely N-dealkylation sites (N-methyl/N-ethyl adjacent to an activating group) is 1. The third-order valence-corrected chi connectivity index (χ3v) is 4.01. The number of aromatic hydroxyl groups is 1. The zero-order chi connectivity index (χ0) is 13.8. The second-order valence-electron chi connectivity index (χ2n) is 4.56. The number of hydrogen-bond donors (Lipinski definition) is 1. The molecular formula is C15H17NO2S. The molecule has 1 aromatic carbocycles. The molecule has 4 heteroatoms. The van der Waals surface area contributed by atoms with Gasteiger partial charge < -0.3 is 10.0 Å². The first-order chi connectivity index (χ1) is 9.08. The van der Waals surface area contributed by atoms with E-state index in [1.54, 1.807) is 35.4 Å². The lowest BCUT2D eigenvalue weighted by Gasteiger charge is -2.17. The van der Waals surface area contributed by atoms with Crippen molar-refractivity contribution < 1.29 is 9.90 Å². The molecule has 19 heavy (non-hydrogen) atoms. The fourth-order valence-electron chi connectivity index (χ4n) is 1.80. The first-order valence-corrected chi connectivity index (χ1v) is 7.03. The lowest BCUT2D eigenvalue weighted by molar-refractivity contribution is 0.0796. The topological polar surface area (TPSA) is 40.5 Å². The van der Waals surface area contributed by atoms with Crippen LogP contribution in [0.3, 0.4) is 0 Å². The van der Waals surface area contributed by atoms with Gasteiger partial charge in [0.15, 0.2) is 0 Å². The van der Waals surface area contributed by atoms with E-state index in [4.69, 9.17) is 0 Å². The van der Waals surface area contributed by atoms with Gasteiger partial charge in [0.1, 0.15) is 5.75 Å². The number of aryl methyl sites for hydroxylation is 1. The Balaban J connectivity index is 2.00. The molecule has 1 amide bonds. The molecule has 0 unspecified atom stereocenters. The van der Waals surface area contributed by atoms with Crippen LogP contribution in [0, 0.1) is 6.92 Å². The van der Waals surface area contributed by atoms with Crippen LogP contribution in [-0.2, 0) is 6.42 Å². The van der Waals surface area contributed by atoms with E-state index in [2.05, 4.69) is 6.07 Å². The predicted octanol–water partition coefficient (Wildman–Crippen LogP) is 3.08. The van der Waals surface area contributed by atoms with E-state index >= 15 is 0 Å². The highest BCUT2D eigenvalue weighted by Crippen LogP contribution is 2.18. The number of carbonyl (C=O) groups excluding carboxylic acids is 1. The monoisotopic (exact) mass is 275 g/mol. The van der Waals surface area contributed by atoms with Crippen molar-refractivity contribution in [3.05, 3.63) is 51.7 Å². The summed E-state index contributed by atoms with van der Waals surface area (Å²) < 4.78 is 0. The van der Waals surface area contributed by atoms with E-state index in [-0.39, 0.29) is 11.7 Å². The predicted molar refractivity (Wildman–Crippen MR) is 77.8 cm³/mol. The summed E-state index contributed by atoms with van der Waals surface area (Å²) in [5.74, 6) is 0.101. The summed E-state index contributed by atoms with van der Waals surface area (Å²) in [6.45, 7) is 2.48. The number of phenolic OH excluding ortho intramolecular Hbond substituents is 1. The number of rotatable bonds is 4.